The summed E-state index contributed by atoms with van der Waals surface area (Å²) in [6.45, 7) is 0.886. The van der Waals surface area contributed by atoms with E-state index in [4.69, 9.17) is 38.0 Å². The van der Waals surface area contributed by atoms with Crippen molar-refractivity contribution < 1.29 is 19.4 Å². The largest absolute Gasteiger partial charge is 0.457 e. The number of halogens is 1. The van der Waals surface area contributed by atoms with Crippen molar-refractivity contribution in [3.05, 3.63) is 71.3 Å². The number of nitrogens with one attached hydrogen (secondary N) is 1. The summed E-state index contributed by atoms with van der Waals surface area (Å²) >= 11 is 5.93. The lowest BCUT2D eigenvalue weighted by molar-refractivity contribution is -0.118. The molecule has 3 aromatic rings. The molecule has 2 heterocycles. The van der Waals surface area contributed by atoms with E-state index < -0.39 is 5.91 Å². The van der Waals surface area contributed by atoms with Crippen molar-refractivity contribution in [2.24, 2.45) is 11.7 Å². The molecule has 4 rings (SSSR count). The van der Waals surface area contributed by atoms with E-state index >= 15 is 0 Å². The van der Waals surface area contributed by atoms with Crippen LogP contribution in [0.4, 0.5) is 5.82 Å². The highest BCUT2D eigenvalue weighted by molar-refractivity contribution is 6.30. The number of benzene rings is 2. The second-order valence-corrected chi connectivity index (χ2v) is 9.36. The van der Waals surface area contributed by atoms with Crippen LogP contribution in [0.15, 0.2) is 60.7 Å². The van der Waals surface area contributed by atoms with Gasteiger partial charge in [0.1, 0.15) is 28.6 Å². The molecule has 10 heteroatoms. The van der Waals surface area contributed by atoms with E-state index in [9.17, 15) is 9.59 Å². The maximum Gasteiger partial charge on any atom is 0.254 e. The smallest absolute Gasteiger partial charge is 0.254 e. The van der Waals surface area contributed by atoms with Gasteiger partial charge in [0.25, 0.3) is 5.91 Å². The number of aromatic nitrogens is 2. The van der Waals surface area contributed by atoms with E-state index in [1.807, 2.05) is 0 Å². The molecule has 2 atom stereocenters. The van der Waals surface area contributed by atoms with Crippen LogP contribution < -0.4 is 21.5 Å². The molecule has 9 nitrogen and oxygen atoms in total. The third-order valence-electron chi connectivity index (χ3n) is 6.37. The molecule has 1 aliphatic heterocycles. The van der Waals surface area contributed by atoms with Crippen LogP contribution in [0.3, 0.4) is 0 Å². The Morgan fingerprint density at radius 2 is 1.78 bits per heavy atom. The molecule has 0 spiro atoms. The summed E-state index contributed by atoms with van der Waals surface area (Å²) in [5.41, 5.74) is 13.4. The van der Waals surface area contributed by atoms with Gasteiger partial charge in [-0.2, -0.15) is 5.10 Å². The van der Waals surface area contributed by atoms with E-state index in [1.54, 1.807) is 53.2 Å². The minimum atomic E-state index is -0.652. The Morgan fingerprint density at radius 3 is 2.43 bits per heavy atom. The van der Waals surface area contributed by atoms with Crippen LogP contribution in [0, 0.1) is 5.92 Å². The minimum Gasteiger partial charge on any atom is -0.457 e. The van der Waals surface area contributed by atoms with Crippen LogP contribution in [-0.4, -0.2) is 46.3 Å². The number of nitrogens with zero attached hydrogens (tertiary/aromatic N) is 2. The number of amides is 1. The first kappa shape index (κ1) is 26.4. The van der Waals surface area contributed by atoms with E-state index in [1.165, 1.54) is 12.2 Å². The zero-order valence-electron chi connectivity index (χ0n) is 20.3. The lowest BCUT2D eigenvalue weighted by Gasteiger charge is -2.25. The van der Waals surface area contributed by atoms with E-state index in [0.717, 1.165) is 12.8 Å². The van der Waals surface area contributed by atoms with Crippen molar-refractivity contribution in [3.63, 3.8) is 0 Å². The molecule has 1 fully saturated rings. The van der Waals surface area contributed by atoms with Crippen molar-refractivity contribution in [2.75, 3.05) is 25.4 Å². The summed E-state index contributed by atoms with van der Waals surface area (Å²) in [6, 6.07) is 14.1. The maximum atomic E-state index is 12.4. The van der Waals surface area contributed by atoms with Crippen LogP contribution in [0.1, 0.15) is 35.7 Å². The van der Waals surface area contributed by atoms with Crippen LogP contribution in [0.2, 0.25) is 5.02 Å². The number of rotatable bonds is 8. The number of allylic oxidation sites excluding steroid dienone is 1. The number of aliphatic hydroxyl groups excluding tert-OH is 1. The van der Waals surface area contributed by atoms with Gasteiger partial charge in [-0.25, -0.2) is 4.68 Å². The molecule has 0 bridgehead atoms. The number of anilines is 1. The summed E-state index contributed by atoms with van der Waals surface area (Å²) in [6.07, 6.45) is 5.10. The fraction of sp³-hybridized carbons (Fsp3) is 0.296. The highest BCUT2D eigenvalue weighted by Crippen LogP contribution is 2.33. The number of ketones is 1. The molecule has 1 aromatic heterocycles. The first-order valence-corrected chi connectivity index (χ1v) is 12.5. The number of carbonyl (C=O) groups excluding carboxylic acids is 2. The molecule has 1 unspecified atom stereocenters. The summed E-state index contributed by atoms with van der Waals surface area (Å²) in [5, 5.41) is 17.6. The predicted molar refractivity (Wildman–Crippen MR) is 143 cm³/mol. The minimum absolute atomic E-state index is 0.000364. The normalized spacial score (nSPS) is 18.3. The molecule has 194 valence electrons. The summed E-state index contributed by atoms with van der Waals surface area (Å²) in [4.78, 5) is 24.7. The Balaban J connectivity index is 1.52. The van der Waals surface area contributed by atoms with Crippen molar-refractivity contribution in [1.29, 1.82) is 0 Å². The van der Waals surface area contributed by atoms with Gasteiger partial charge < -0.3 is 26.6 Å². The van der Waals surface area contributed by atoms with Gasteiger partial charge >= 0.3 is 0 Å². The molecule has 0 aliphatic carbocycles. The van der Waals surface area contributed by atoms with E-state index in [2.05, 4.69) is 5.32 Å². The fourth-order valence-corrected chi connectivity index (χ4v) is 4.60. The van der Waals surface area contributed by atoms with Crippen LogP contribution in [0.5, 0.6) is 11.5 Å². The number of nitrogens with two attached hydrogens (primary N) is 2. The van der Waals surface area contributed by atoms with Crippen molar-refractivity contribution in [1.82, 2.24) is 15.1 Å². The lowest BCUT2D eigenvalue weighted by atomic mass is 9.93. The SMILES string of the molecule is NC(=O)c1c(-c2ccc(Oc3ccc(Cl)cc3)cc2)nn(C2CCC[C@@H](C(=O)/C=C/CO)CNC2)c1N. The molecule has 2 aromatic carbocycles. The standard InChI is InChI=1S/C27H30ClN5O4/c28-19-8-12-22(13-9-19)37-21-10-6-17(7-11-21)25-24(27(30)36)26(29)33(32-25)20-4-1-3-18(15-31-16-20)23(35)5-2-14-34/h2,5-13,18,20,31,34H,1,3-4,14-16,29H2,(H2,30,36)/b5-2+/t18-,20?/m1/s1. The Kier molecular flexibility index (Phi) is 8.60. The van der Waals surface area contributed by atoms with Gasteiger partial charge in [-0.15, -0.1) is 0 Å². The van der Waals surface area contributed by atoms with Crippen molar-refractivity contribution in [3.8, 4) is 22.8 Å². The number of primary amides is 1. The number of ether oxygens (including phenoxy) is 1. The van der Waals surface area contributed by atoms with E-state index in [-0.39, 0.29) is 35.7 Å². The summed E-state index contributed by atoms with van der Waals surface area (Å²) in [5.74, 6) is 0.676. The topological polar surface area (TPSA) is 145 Å². The molecule has 1 amide bonds. The average Bonchev–Trinajstić information content (AvgIpc) is 3.21. The zero-order valence-corrected chi connectivity index (χ0v) is 21.0. The first-order chi connectivity index (χ1) is 17.9. The van der Waals surface area contributed by atoms with Gasteiger partial charge in [-0.3, -0.25) is 9.59 Å². The number of nitrogen functional groups attached to an aromatic ring is 1. The van der Waals surface area contributed by atoms with Gasteiger partial charge in [-0.1, -0.05) is 24.1 Å². The Morgan fingerprint density at radius 1 is 1.11 bits per heavy atom. The monoisotopic (exact) mass is 523 g/mol. The van der Waals surface area contributed by atoms with Crippen molar-refractivity contribution >= 4 is 29.1 Å². The van der Waals surface area contributed by atoms with Gasteiger partial charge in [0.05, 0.1) is 12.6 Å². The van der Waals surface area contributed by atoms with Gasteiger partial charge in [-0.05, 0) is 67.4 Å². The van der Waals surface area contributed by atoms with Crippen LogP contribution >= 0.6 is 11.6 Å². The maximum absolute atomic E-state index is 12.4. The van der Waals surface area contributed by atoms with Crippen LogP contribution in [0.25, 0.3) is 11.3 Å². The van der Waals surface area contributed by atoms with Crippen LogP contribution in [-0.2, 0) is 4.79 Å². The molecule has 37 heavy (non-hydrogen) atoms. The number of hydrogen-bond acceptors (Lipinski definition) is 7. The molecule has 1 saturated heterocycles. The zero-order chi connectivity index (χ0) is 26.4. The predicted octanol–water partition coefficient (Wildman–Crippen LogP) is 3.73. The molecule has 6 N–H and O–H groups in total. The highest BCUT2D eigenvalue weighted by atomic mass is 35.5. The Bertz CT molecular complexity index is 1260. The van der Waals surface area contributed by atoms with Gasteiger partial charge in [0, 0.05) is 29.6 Å². The molecule has 1 aliphatic rings. The summed E-state index contributed by atoms with van der Waals surface area (Å²) in [7, 11) is 0. The fourth-order valence-electron chi connectivity index (χ4n) is 4.48. The number of carbonyl (C=O) groups is 2. The second kappa shape index (κ2) is 12.1. The first-order valence-electron chi connectivity index (χ1n) is 12.1. The number of aliphatic hydroxyl groups is 1. The van der Waals surface area contributed by atoms with E-state index in [0.29, 0.717) is 47.3 Å². The highest BCUT2D eigenvalue weighted by Gasteiger charge is 2.27. The third kappa shape index (κ3) is 6.37. The number of hydrogen-bond donors (Lipinski definition) is 4. The van der Waals surface area contributed by atoms with Crippen molar-refractivity contribution in [2.45, 2.75) is 25.3 Å². The molecular weight excluding hydrogens is 494 g/mol. The molecular formula is C27H30ClN5O4. The second-order valence-electron chi connectivity index (χ2n) is 8.93. The quantitative estimate of drug-likeness (QED) is 0.329. The van der Waals surface area contributed by atoms with Gasteiger partial charge in [0.2, 0.25) is 0 Å². The molecule has 0 radical (unpaired) electrons. The lowest BCUT2D eigenvalue weighted by Crippen LogP contribution is -2.35. The summed E-state index contributed by atoms with van der Waals surface area (Å²) < 4.78 is 7.51. The third-order valence-corrected chi connectivity index (χ3v) is 6.62. The Hall–Kier alpha value is -3.66. The van der Waals surface area contributed by atoms with Gasteiger partial charge in [0.15, 0.2) is 5.78 Å². The average molecular weight is 524 g/mol. The Labute approximate surface area is 220 Å². The molecule has 0 saturated carbocycles.